The van der Waals surface area contributed by atoms with E-state index in [4.69, 9.17) is 11.6 Å². The summed E-state index contributed by atoms with van der Waals surface area (Å²) in [6, 6.07) is 7.84. The van der Waals surface area contributed by atoms with Gasteiger partial charge < -0.3 is 4.79 Å². The Balaban J connectivity index is 2.45. The average Bonchev–Trinajstić information content (AvgIpc) is 2.24. The van der Waals surface area contributed by atoms with Crippen LogP contribution in [0.25, 0.3) is 0 Å². The van der Waals surface area contributed by atoms with Crippen LogP contribution in [-0.4, -0.2) is 6.29 Å². The van der Waals surface area contributed by atoms with E-state index in [0.717, 1.165) is 37.0 Å². The Hall–Kier alpha value is -0.820. The maximum atomic E-state index is 10.8. The lowest BCUT2D eigenvalue weighted by atomic mass is 9.97. The van der Waals surface area contributed by atoms with Crippen LogP contribution in [0.3, 0.4) is 0 Å². The van der Waals surface area contributed by atoms with Gasteiger partial charge in [0, 0.05) is 10.9 Å². The molecule has 1 aromatic rings. The maximum absolute atomic E-state index is 10.8. The van der Waals surface area contributed by atoms with Gasteiger partial charge in [0.2, 0.25) is 0 Å². The van der Waals surface area contributed by atoms with Crippen LogP contribution in [0.1, 0.15) is 31.7 Å². The summed E-state index contributed by atoms with van der Waals surface area (Å²) in [4.78, 5) is 10.8. The fourth-order valence-electron chi connectivity index (χ4n) is 1.70. The van der Waals surface area contributed by atoms with Gasteiger partial charge in [0.1, 0.15) is 6.29 Å². The molecular formula is C13H17ClO. The zero-order valence-corrected chi connectivity index (χ0v) is 9.83. The van der Waals surface area contributed by atoms with Gasteiger partial charge in [-0.2, -0.15) is 0 Å². The van der Waals surface area contributed by atoms with Crippen molar-refractivity contribution in [3.63, 3.8) is 0 Å². The highest BCUT2D eigenvalue weighted by atomic mass is 35.5. The highest BCUT2D eigenvalue weighted by Gasteiger charge is 2.06. The van der Waals surface area contributed by atoms with Gasteiger partial charge in [0.15, 0.2) is 0 Å². The van der Waals surface area contributed by atoms with E-state index in [1.807, 2.05) is 18.2 Å². The highest BCUT2D eigenvalue weighted by Crippen LogP contribution is 2.16. The van der Waals surface area contributed by atoms with Crippen LogP contribution >= 0.6 is 11.6 Å². The molecule has 0 spiro atoms. The zero-order chi connectivity index (χ0) is 11.1. The minimum atomic E-state index is 0.203. The third-order valence-electron chi connectivity index (χ3n) is 2.54. The molecule has 0 aliphatic rings. The SMILES string of the molecule is CCCC(C=O)CCc1cccc(Cl)c1. The van der Waals surface area contributed by atoms with E-state index >= 15 is 0 Å². The highest BCUT2D eigenvalue weighted by molar-refractivity contribution is 6.30. The monoisotopic (exact) mass is 224 g/mol. The first kappa shape index (κ1) is 12.3. The second-order valence-corrected chi connectivity index (χ2v) is 4.29. The third kappa shape index (κ3) is 4.48. The van der Waals surface area contributed by atoms with Crippen molar-refractivity contribution in [1.82, 2.24) is 0 Å². The molecule has 0 N–H and O–H groups in total. The molecule has 0 fully saturated rings. The summed E-state index contributed by atoms with van der Waals surface area (Å²) in [7, 11) is 0. The minimum Gasteiger partial charge on any atom is -0.303 e. The number of rotatable bonds is 6. The van der Waals surface area contributed by atoms with Crippen molar-refractivity contribution >= 4 is 17.9 Å². The molecule has 1 aromatic carbocycles. The molecule has 0 saturated carbocycles. The Labute approximate surface area is 96.5 Å². The molecule has 0 amide bonds. The minimum absolute atomic E-state index is 0.203. The van der Waals surface area contributed by atoms with Crippen LogP contribution in [0.15, 0.2) is 24.3 Å². The van der Waals surface area contributed by atoms with E-state index in [-0.39, 0.29) is 5.92 Å². The Morgan fingerprint density at radius 3 is 2.80 bits per heavy atom. The number of hydrogen-bond donors (Lipinski definition) is 0. The van der Waals surface area contributed by atoms with E-state index in [1.54, 1.807) is 0 Å². The summed E-state index contributed by atoms with van der Waals surface area (Å²) in [5.74, 6) is 0.203. The zero-order valence-electron chi connectivity index (χ0n) is 9.08. The molecule has 0 aliphatic carbocycles. The van der Waals surface area contributed by atoms with Crippen molar-refractivity contribution < 1.29 is 4.79 Å². The summed E-state index contributed by atoms with van der Waals surface area (Å²) in [5, 5.41) is 0.769. The number of carbonyl (C=O) groups is 1. The predicted octanol–water partition coefficient (Wildman–Crippen LogP) is 3.89. The van der Waals surface area contributed by atoms with E-state index in [9.17, 15) is 4.79 Å². The van der Waals surface area contributed by atoms with E-state index in [0.29, 0.717) is 0 Å². The van der Waals surface area contributed by atoms with Gasteiger partial charge in [0.25, 0.3) is 0 Å². The molecule has 0 aliphatic heterocycles. The van der Waals surface area contributed by atoms with Crippen molar-refractivity contribution in [2.24, 2.45) is 5.92 Å². The van der Waals surface area contributed by atoms with E-state index < -0.39 is 0 Å². The second-order valence-electron chi connectivity index (χ2n) is 3.85. The lowest BCUT2D eigenvalue weighted by Crippen LogP contribution is -2.03. The quantitative estimate of drug-likeness (QED) is 0.670. The molecule has 1 atom stereocenters. The van der Waals surface area contributed by atoms with Gasteiger partial charge in [-0.3, -0.25) is 0 Å². The molecular weight excluding hydrogens is 208 g/mol. The number of aldehydes is 1. The summed E-state index contributed by atoms with van der Waals surface area (Å²) in [6.45, 7) is 2.11. The number of aryl methyl sites for hydroxylation is 1. The summed E-state index contributed by atoms with van der Waals surface area (Å²) in [6.07, 6.45) is 5.00. The number of hydrogen-bond acceptors (Lipinski definition) is 1. The molecule has 15 heavy (non-hydrogen) atoms. The van der Waals surface area contributed by atoms with Crippen LogP contribution in [0.2, 0.25) is 5.02 Å². The van der Waals surface area contributed by atoms with Gasteiger partial charge in [-0.25, -0.2) is 0 Å². The summed E-state index contributed by atoms with van der Waals surface area (Å²) in [5.41, 5.74) is 1.21. The normalized spacial score (nSPS) is 12.4. The number of carbonyl (C=O) groups excluding carboxylic acids is 1. The smallest absolute Gasteiger partial charge is 0.123 e. The Bertz CT molecular complexity index is 309. The molecule has 0 radical (unpaired) electrons. The van der Waals surface area contributed by atoms with Crippen LogP contribution < -0.4 is 0 Å². The second kappa shape index (κ2) is 6.62. The van der Waals surface area contributed by atoms with Crippen molar-refractivity contribution in [1.29, 1.82) is 0 Å². The fourth-order valence-corrected chi connectivity index (χ4v) is 1.91. The van der Waals surface area contributed by atoms with Crippen LogP contribution in [0, 0.1) is 5.92 Å². The standard InChI is InChI=1S/C13H17ClO/c1-2-4-12(10-15)8-7-11-5-3-6-13(14)9-11/h3,5-6,9-10,12H,2,4,7-8H2,1H3. The van der Waals surface area contributed by atoms with Gasteiger partial charge in [-0.15, -0.1) is 0 Å². The molecule has 1 nitrogen and oxygen atoms in total. The Kier molecular flexibility index (Phi) is 5.41. The molecule has 1 unspecified atom stereocenters. The third-order valence-corrected chi connectivity index (χ3v) is 2.78. The van der Waals surface area contributed by atoms with Crippen LogP contribution in [0.4, 0.5) is 0 Å². The lowest BCUT2D eigenvalue weighted by Gasteiger charge is -2.08. The molecule has 82 valence electrons. The van der Waals surface area contributed by atoms with Crippen LogP contribution in [-0.2, 0) is 11.2 Å². The lowest BCUT2D eigenvalue weighted by molar-refractivity contribution is -0.111. The largest absolute Gasteiger partial charge is 0.303 e. The van der Waals surface area contributed by atoms with Crippen LogP contribution in [0.5, 0.6) is 0 Å². The first-order chi connectivity index (χ1) is 7.26. The van der Waals surface area contributed by atoms with Gasteiger partial charge in [-0.05, 0) is 37.0 Å². The predicted molar refractivity (Wildman–Crippen MR) is 64.2 cm³/mol. The molecule has 2 heteroatoms. The fraction of sp³-hybridized carbons (Fsp3) is 0.462. The van der Waals surface area contributed by atoms with E-state index in [2.05, 4.69) is 13.0 Å². The summed E-state index contributed by atoms with van der Waals surface area (Å²) < 4.78 is 0. The number of halogens is 1. The number of benzene rings is 1. The van der Waals surface area contributed by atoms with Crippen molar-refractivity contribution in [2.45, 2.75) is 32.6 Å². The maximum Gasteiger partial charge on any atom is 0.123 e. The first-order valence-electron chi connectivity index (χ1n) is 5.46. The molecule has 0 aromatic heterocycles. The Morgan fingerprint density at radius 1 is 1.40 bits per heavy atom. The van der Waals surface area contributed by atoms with Gasteiger partial charge >= 0.3 is 0 Å². The topological polar surface area (TPSA) is 17.1 Å². The molecule has 0 bridgehead atoms. The molecule has 1 rings (SSSR count). The molecule has 0 heterocycles. The average molecular weight is 225 g/mol. The summed E-state index contributed by atoms with van der Waals surface area (Å²) >= 11 is 5.89. The van der Waals surface area contributed by atoms with Crippen molar-refractivity contribution in [3.05, 3.63) is 34.9 Å². The van der Waals surface area contributed by atoms with Crippen molar-refractivity contribution in [2.75, 3.05) is 0 Å². The Morgan fingerprint density at radius 2 is 2.20 bits per heavy atom. The first-order valence-corrected chi connectivity index (χ1v) is 5.83. The van der Waals surface area contributed by atoms with Gasteiger partial charge in [-0.1, -0.05) is 37.1 Å². The van der Waals surface area contributed by atoms with E-state index in [1.165, 1.54) is 5.56 Å². The molecule has 0 saturated heterocycles. The van der Waals surface area contributed by atoms with Crippen molar-refractivity contribution in [3.8, 4) is 0 Å². The van der Waals surface area contributed by atoms with Gasteiger partial charge in [0.05, 0.1) is 0 Å².